The highest BCUT2D eigenvalue weighted by molar-refractivity contribution is 7.92. The minimum Gasteiger partial charge on any atom is -0.481 e. The highest BCUT2D eigenvalue weighted by Gasteiger charge is 2.35. The fourth-order valence-electron chi connectivity index (χ4n) is 4.50. The number of carboxylic acids is 1. The third-order valence-electron chi connectivity index (χ3n) is 6.26. The fourth-order valence-corrected chi connectivity index (χ4v) is 6.11. The molecule has 0 bridgehead atoms. The molecular formula is C25H26N2O7S. The average Bonchev–Trinajstić information content (AvgIpc) is 3.15. The molecule has 1 atom stereocenters. The largest absolute Gasteiger partial charge is 0.481 e. The molecule has 10 heteroatoms. The molecule has 0 saturated carbocycles. The lowest BCUT2D eigenvalue weighted by Gasteiger charge is -2.31. The van der Waals surface area contributed by atoms with E-state index in [1.165, 1.54) is 17.1 Å². The van der Waals surface area contributed by atoms with Gasteiger partial charge in [0.05, 0.1) is 17.4 Å². The van der Waals surface area contributed by atoms with Crippen LogP contribution in [0.1, 0.15) is 23.5 Å². The quantitative estimate of drug-likeness (QED) is 0.560. The van der Waals surface area contributed by atoms with E-state index < -0.39 is 39.5 Å². The molecule has 2 amide bonds. The summed E-state index contributed by atoms with van der Waals surface area (Å²) >= 11 is 0. The van der Waals surface area contributed by atoms with E-state index >= 15 is 0 Å². The van der Waals surface area contributed by atoms with Gasteiger partial charge in [-0.05, 0) is 22.3 Å². The average molecular weight is 499 g/mol. The number of sulfone groups is 1. The van der Waals surface area contributed by atoms with Crippen LogP contribution < -0.4 is 5.32 Å². The van der Waals surface area contributed by atoms with Gasteiger partial charge in [-0.3, -0.25) is 9.59 Å². The van der Waals surface area contributed by atoms with E-state index in [-0.39, 0.29) is 37.9 Å². The normalized spacial score (nSPS) is 18.6. The van der Waals surface area contributed by atoms with Crippen LogP contribution in [0, 0.1) is 0 Å². The first-order valence-electron chi connectivity index (χ1n) is 11.2. The van der Waals surface area contributed by atoms with E-state index in [9.17, 15) is 22.8 Å². The number of amides is 2. The summed E-state index contributed by atoms with van der Waals surface area (Å²) in [6, 6.07) is 16.0. The number of hydrogen-bond acceptors (Lipinski definition) is 6. The second kappa shape index (κ2) is 10.3. The molecule has 1 aliphatic heterocycles. The minimum absolute atomic E-state index is 0.00142. The van der Waals surface area contributed by atoms with Gasteiger partial charge in [0.2, 0.25) is 5.91 Å². The molecule has 1 unspecified atom stereocenters. The van der Waals surface area contributed by atoms with Gasteiger partial charge in [0.25, 0.3) is 0 Å². The lowest BCUT2D eigenvalue weighted by Crippen LogP contribution is -2.49. The zero-order valence-corrected chi connectivity index (χ0v) is 19.7. The van der Waals surface area contributed by atoms with E-state index in [4.69, 9.17) is 9.84 Å². The molecule has 2 aromatic carbocycles. The molecule has 35 heavy (non-hydrogen) atoms. The summed E-state index contributed by atoms with van der Waals surface area (Å²) < 4.78 is 29.5. The van der Waals surface area contributed by atoms with Gasteiger partial charge in [-0.2, -0.15) is 0 Å². The number of carbonyl (C=O) groups is 3. The second-order valence-corrected chi connectivity index (χ2v) is 10.9. The Morgan fingerprint density at radius 2 is 1.69 bits per heavy atom. The summed E-state index contributed by atoms with van der Waals surface area (Å²) in [5.74, 6) is -2.00. The topological polar surface area (TPSA) is 130 Å². The monoisotopic (exact) mass is 498 g/mol. The molecule has 2 aliphatic rings. The number of nitrogens with one attached hydrogen (secondary N) is 1. The molecule has 0 radical (unpaired) electrons. The summed E-state index contributed by atoms with van der Waals surface area (Å²) in [6.07, 6.45) is 1.52. The van der Waals surface area contributed by atoms with Gasteiger partial charge < -0.3 is 20.1 Å². The maximum atomic E-state index is 12.4. The van der Waals surface area contributed by atoms with E-state index in [0.717, 1.165) is 22.3 Å². The van der Waals surface area contributed by atoms with Crippen LogP contribution in [-0.2, 0) is 24.2 Å². The van der Waals surface area contributed by atoms with E-state index in [0.29, 0.717) is 0 Å². The first kappa shape index (κ1) is 24.5. The molecule has 2 aromatic rings. The Hall–Kier alpha value is -3.66. The summed E-state index contributed by atoms with van der Waals surface area (Å²) in [5, 5.41) is 10.4. The molecule has 4 rings (SSSR count). The minimum atomic E-state index is -3.54. The first-order valence-corrected chi connectivity index (χ1v) is 13.0. The van der Waals surface area contributed by atoms with Crippen LogP contribution in [0.25, 0.3) is 11.1 Å². The molecule has 0 spiro atoms. The number of carbonyl (C=O) groups excluding carboxylic acids is 2. The first-order chi connectivity index (χ1) is 16.8. The number of carboxylic acid groups (broad SMARTS) is 1. The lowest BCUT2D eigenvalue weighted by molar-refractivity contribution is -0.137. The van der Waals surface area contributed by atoms with Crippen molar-refractivity contribution in [3.05, 3.63) is 71.8 Å². The van der Waals surface area contributed by atoms with Crippen LogP contribution in [0.3, 0.4) is 0 Å². The molecule has 1 saturated heterocycles. The van der Waals surface area contributed by atoms with E-state index in [1.807, 2.05) is 36.4 Å². The zero-order valence-electron chi connectivity index (χ0n) is 18.9. The Morgan fingerprint density at radius 1 is 1.06 bits per heavy atom. The van der Waals surface area contributed by atoms with Crippen LogP contribution in [-0.4, -0.2) is 73.6 Å². The second-order valence-electron chi connectivity index (χ2n) is 8.48. The molecule has 1 heterocycles. The Bertz CT molecular complexity index is 1230. The fraction of sp³-hybridized carbons (Fsp3) is 0.320. The third-order valence-corrected chi connectivity index (χ3v) is 8.34. The third kappa shape index (κ3) is 5.54. The Kier molecular flexibility index (Phi) is 7.20. The summed E-state index contributed by atoms with van der Waals surface area (Å²) in [6.45, 7) is 0.0574. The van der Waals surface area contributed by atoms with Crippen molar-refractivity contribution in [2.24, 2.45) is 0 Å². The molecule has 0 aromatic heterocycles. The Morgan fingerprint density at radius 3 is 2.31 bits per heavy atom. The number of alkyl carbamates (subject to hydrolysis) is 1. The van der Waals surface area contributed by atoms with Crippen molar-refractivity contribution >= 4 is 27.8 Å². The summed E-state index contributed by atoms with van der Waals surface area (Å²) in [4.78, 5) is 36.8. The number of fused-ring (bicyclic) bond motifs is 3. The lowest BCUT2D eigenvalue weighted by atomic mass is 9.98. The van der Waals surface area contributed by atoms with Gasteiger partial charge in [-0.15, -0.1) is 0 Å². The van der Waals surface area contributed by atoms with Crippen molar-refractivity contribution in [3.8, 4) is 11.1 Å². The van der Waals surface area contributed by atoms with Crippen LogP contribution in [0.5, 0.6) is 0 Å². The van der Waals surface area contributed by atoms with Crippen molar-refractivity contribution in [2.75, 3.05) is 32.0 Å². The smallest absolute Gasteiger partial charge is 0.407 e. The summed E-state index contributed by atoms with van der Waals surface area (Å²) in [7, 11) is -3.54. The predicted molar refractivity (Wildman–Crippen MR) is 129 cm³/mol. The highest BCUT2D eigenvalue weighted by atomic mass is 32.2. The molecular weight excluding hydrogens is 472 g/mol. The number of rotatable bonds is 7. The number of hydrogen-bond donors (Lipinski definition) is 2. The van der Waals surface area contributed by atoms with Crippen molar-refractivity contribution < 1.29 is 32.6 Å². The van der Waals surface area contributed by atoms with Gasteiger partial charge in [-0.25, -0.2) is 13.2 Å². The SMILES string of the molecule is O=C(O)CC1CN(C(=O)/C=C/CNC(=O)OCC2c3ccccc3-c3ccccc32)CCS1(=O)=O. The van der Waals surface area contributed by atoms with Crippen molar-refractivity contribution in [1.82, 2.24) is 10.2 Å². The van der Waals surface area contributed by atoms with Gasteiger partial charge in [-0.1, -0.05) is 54.6 Å². The van der Waals surface area contributed by atoms with Crippen LogP contribution in [0.15, 0.2) is 60.7 Å². The molecule has 9 nitrogen and oxygen atoms in total. The van der Waals surface area contributed by atoms with E-state index in [2.05, 4.69) is 17.4 Å². The van der Waals surface area contributed by atoms with Crippen molar-refractivity contribution in [2.45, 2.75) is 17.6 Å². The zero-order chi connectivity index (χ0) is 25.0. The number of aliphatic carboxylic acids is 1. The summed E-state index contributed by atoms with van der Waals surface area (Å²) in [5.41, 5.74) is 4.48. The van der Waals surface area contributed by atoms with Gasteiger partial charge in [0.1, 0.15) is 6.61 Å². The standard InChI is InChI=1S/C25H26N2O7S/c28-23(27-12-13-35(32,33)17(15-27)14-24(29)30)10-5-11-26-25(31)34-16-22-20-8-3-1-6-18(20)19-7-2-4-9-21(19)22/h1-10,17,22H,11-16H2,(H,26,31)(H,29,30)/b10-5+. The number of benzene rings is 2. The van der Waals surface area contributed by atoms with Crippen LogP contribution in [0.4, 0.5) is 4.79 Å². The highest BCUT2D eigenvalue weighted by Crippen LogP contribution is 2.44. The van der Waals surface area contributed by atoms with Gasteiger partial charge in [0, 0.05) is 31.6 Å². The molecule has 1 aliphatic carbocycles. The van der Waals surface area contributed by atoms with Crippen molar-refractivity contribution in [3.63, 3.8) is 0 Å². The number of nitrogens with zero attached hydrogens (tertiary/aromatic N) is 1. The van der Waals surface area contributed by atoms with Crippen molar-refractivity contribution in [1.29, 1.82) is 0 Å². The van der Waals surface area contributed by atoms with Crippen LogP contribution in [0.2, 0.25) is 0 Å². The predicted octanol–water partition coefficient (Wildman–Crippen LogP) is 2.18. The Balaban J connectivity index is 1.26. The number of ether oxygens (including phenoxy) is 1. The molecule has 2 N–H and O–H groups in total. The van der Waals surface area contributed by atoms with Gasteiger partial charge >= 0.3 is 12.1 Å². The maximum absolute atomic E-state index is 12.4. The molecule has 184 valence electrons. The van der Waals surface area contributed by atoms with Crippen LogP contribution >= 0.6 is 0 Å². The van der Waals surface area contributed by atoms with E-state index in [1.54, 1.807) is 0 Å². The van der Waals surface area contributed by atoms with Gasteiger partial charge in [0.15, 0.2) is 9.84 Å². The Labute approximate surface area is 203 Å². The maximum Gasteiger partial charge on any atom is 0.407 e. The molecule has 1 fully saturated rings.